The van der Waals surface area contributed by atoms with Gasteiger partial charge in [-0.3, -0.25) is 4.57 Å². The molecule has 180 valence electrons. The fourth-order valence-corrected chi connectivity index (χ4v) is 3.25. The van der Waals surface area contributed by atoms with Crippen molar-refractivity contribution in [1.29, 1.82) is 0 Å². The van der Waals surface area contributed by atoms with Crippen LogP contribution in [-0.2, 0) is 19.3 Å². The summed E-state index contributed by atoms with van der Waals surface area (Å²) in [7, 11) is 0. The van der Waals surface area contributed by atoms with Crippen LogP contribution in [0.25, 0.3) is 0 Å². The molecule has 0 fully saturated rings. The second kappa shape index (κ2) is 11.8. The van der Waals surface area contributed by atoms with Gasteiger partial charge in [-0.1, -0.05) is 43.0 Å². The van der Waals surface area contributed by atoms with Gasteiger partial charge in [-0.05, 0) is 49.1 Å². The minimum absolute atomic E-state index is 0.0480. The molecule has 2 aromatic rings. The molecule has 0 spiro atoms. The van der Waals surface area contributed by atoms with Gasteiger partial charge in [0, 0.05) is 5.69 Å². The molecule has 0 amide bonds. The molecule has 1 aliphatic carbocycles. The molecule has 0 saturated carbocycles. The van der Waals surface area contributed by atoms with E-state index in [1.165, 1.54) is 16.7 Å². The van der Waals surface area contributed by atoms with Gasteiger partial charge in [0.1, 0.15) is 0 Å². The third-order valence-corrected chi connectivity index (χ3v) is 5.03. The van der Waals surface area contributed by atoms with Crippen LogP contribution >= 0.6 is 0 Å². The van der Waals surface area contributed by atoms with Gasteiger partial charge in [0.15, 0.2) is 0 Å². The van der Waals surface area contributed by atoms with Crippen LogP contribution < -0.4 is 16.7 Å². The van der Waals surface area contributed by atoms with E-state index < -0.39 is 23.1 Å². The molecule has 3 rings (SSSR count). The molecule has 1 heterocycles. The largest absolute Gasteiger partial charge is 0.416 e. The second-order valence-corrected chi connectivity index (χ2v) is 7.24. The van der Waals surface area contributed by atoms with Crippen molar-refractivity contribution in [3.8, 4) is 0 Å². The number of nitrogens with one attached hydrogen (secondary N) is 1. The number of allylic oxidation sites excluding steroid dienone is 7. The van der Waals surface area contributed by atoms with Crippen molar-refractivity contribution < 1.29 is 13.2 Å². The average Bonchev–Trinajstić information content (AvgIpc) is 2.83. The van der Waals surface area contributed by atoms with E-state index in [-0.39, 0.29) is 24.7 Å². The Morgan fingerprint density at radius 3 is 2.56 bits per heavy atom. The first-order valence-corrected chi connectivity index (χ1v) is 10.5. The summed E-state index contributed by atoms with van der Waals surface area (Å²) in [4.78, 5) is 29.9. The number of hydrogen-bond acceptors (Lipinski definition) is 4. The number of benzene rings is 1. The molecule has 0 radical (unpaired) electrons. The Kier molecular flexibility index (Phi) is 9.18. The lowest BCUT2D eigenvalue weighted by molar-refractivity contribution is -0.137. The molecular formula is C25H27F3N4O2. The molecule has 0 unspecified atom stereocenters. The quantitative estimate of drug-likeness (QED) is 0.434. The maximum Gasteiger partial charge on any atom is 0.416 e. The molecule has 0 aliphatic heterocycles. The Balaban J connectivity index is 0.00000199. The van der Waals surface area contributed by atoms with Gasteiger partial charge in [-0.15, -0.1) is 13.2 Å². The third kappa shape index (κ3) is 6.57. The minimum atomic E-state index is -4.53. The van der Waals surface area contributed by atoms with Crippen molar-refractivity contribution in [2.24, 2.45) is 0 Å². The average molecular weight is 473 g/mol. The Labute approximate surface area is 195 Å². The van der Waals surface area contributed by atoms with Crippen LogP contribution in [0.15, 0.2) is 95.1 Å². The molecule has 0 bridgehead atoms. The summed E-state index contributed by atoms with van der Waals surface area (Å²) in [6, 6.07) is 4.47. The SMILES string of the molecule is C=C.C=C/C(=C\C)Cn1c(Nc2cccc(C(F)(F)F)c2)nc(=O)n(CC2=CC=CCC2)c1=O. The fourth-order valence-electron chi connectivity index (χ4n) is 3.25. The molecule has 0 atom stereocenters. The summed E-state index contributed by atoms with van der Waals surface area (Å²) in [6.07, 6.45) is 6.03. The van der Waals surface area contributed by atoms with Crippen molar-refractivity contribution in [3.05, 3.63) is 112 Å². The van der Waals surface area contributed by atoms with Crippen LogP contribution in [0.5, 0.6) is 0 Å². The molecule has 1 aromatic carbocycles. The van der Waals surface area contributed by atoms with Gasteiger partial charge >= 0.3 is 17.6 Å². The highest BCUT2D eigenvalue weighted by atomic mass is 19.4. The predicted octanol–water partition coefficient (Wildman–Crippen LogP) is 5.38. The van der Waals surface area contributed by atoms with Gasteiger partial charge in [0.05, 0.1) is 18.7 Å². The number of rotatable bonds is 7. The zero-order valence-corrected chi connectivity index (χ0v) is 18.9. The fraction of sp³-hybridized carbons (Fsp3) is 0.240. The van der Waals surface area contributed by atoms with Crippen LogP contribution in [0.4, 0.5) is 24.8 Å². The standard InChI is InChI=1S/C23H23F3N4O2.C2H4/c1-3-16(4-2)14-29-20(27-19-12-8-11-18(13-19)23(24,25)26)28-21(31)30(22(29)32)15-17-9-6-5-7-10-17;1-2/h3-6,8-9,11-13H,1,7,10,14-15H2,2H3,(H,27,28,31);1-2H2/b16-4+;. The summed E-state index contributed by atoms with van der Waals surface area (Å²) in [5, 5.41) is 2.70. The Bertz CT molecular complexity index is 1230. The van der Waals surface area contributed by atoms with Gasteiger partial charge < -0.3 is 5.32 Å². The lowest BCUT2D eigenvalue weighted by Gasteiger charge is -2.17. The van der Waals surface area contributed by atoms with Crippen LogP contribution in [0, 0.1) is 0 Å². The summed E-state index contributed by atoms with van der Waals surface area (Å²) in [5.74, 6) is -0.144. The lowest BCUT2D eigenvalue weighted by Crippen LogP contribution is -2.43. The van der Waals surface area contributed by atoms with Crippen molar-refractivity contribution in [2.75, 3.05) is 5.32 Å². The second-order valence-electron chi connectivity index (χ2n) is 7.24. The number of alkyl halides is 3. The first-order chi connectivity index (χ1) is 16.2. The monoisotopic (exact) mass is 472 g/mol. The first-order valence-electron chi connectivity index (χ1n) is 10.5. The van der Waals surface area contributed by atoms with E-state index in [1.807, 2.05) is 18.2 Å². The Hall–Kier alpha value is -3.88. The molecule has 6 nitrogen and oxygen atoms in total. The maximum atomic E-state index is 13.2. The summed E-state index contributed by atoms with van der Waals surface area (Å²) in [6.45, 7) is 11.6. The van der Waals surface area contributed by atoms with Crippen LogP contribution in [-0.4, -0.2) is 14.1 Å². The highest BCUT2D eigenvalue weighted by Gasteiger charge is 2.30. The minimum Gasteiger partial charge on any atom is -0.325 e. The van der Waals surface area contributed by atoms with Crippen molar-refractivity contribution >= 4 is 11.6 Å². The predicted molar refractivity (Wildman–Crippen MR) is 129 cm³/mol. The van der Waals surface area contributed by atoms with Gasteiger partial charge in [0.2, 0.25) is 5.95 Å². The Morgan fingerprint density at radius 1 is 1.24 bits per heavy atom. The summed E-state index contributed by atoms with van der Waals surface area (Å²) >= 11 is 0. The Morgan fingerprint density at radius 2 is 1.97 bits per heavy atom. The van der Waals surface area contributed by atoms with E-state index in [2.05, 4.69) is 30.0 Å². The highest BCUT2D eigenvalue weighted by molar-refractivity contribution is 5.55. The first kappa shape index (κ1) is 26.4. The van der Waals surface area contributed by atoms with Crippen molar-refractivity contribution in [1.82, 2.24) is 14.1 Å². The van der Waals surface area contributed by atoms with Gasteiger partial charge in [0.25, 0.3) is 0 Å². The third-order valence-electron chi connectivity index (χ3n) is 5.03. The van der Waals surface area contributed by atoms with Crippen molar-refractivity contribution in [2.45, 2.75) is 39.0 Å². The summed E-state index contributed by atoms with van der Waals surface area (Å²) < 4.78 is 41.5. The molecule has 34 heavy (non-hydrogen) atoms. The number of nitrogens with zero attached hydrogens (tertiary/aromatic N) is 3. The van der Waals surface area contributed by atoms with E-state index in [9.17, 15) is 22.8 Å². The number of hydrogen-bond donors (Lipinski definition) is 1. The van der Waals surface area contributed by atoms with Gasteiger partial charge in [-0.2, -0.15) is 18.2 Å². The molecule has 9 heteroatoms. The maximum absolute atomic E-state index is 13.2. The zero-order chi connectivity index (χ0) is 25.3. The normalized spacial score (nSPS) is 13.5. The van der Waals surface area contributed by atoms with E-state index in [0.29, 0.717) is 5.57 Å². The molecule has 1 aliphatic rings. The molecule has 0 saturated heterocycles. The molecule has 1 aromatic heterocycles. The molecule has 1 N–H and O–H groups in total. The van der Waals surface area contributed by atoms with E-state index in [4.69, 9.17) is 0 Å². The number of aromatic nitrogens is 3. The summed E-state index contributed by atoms with van der Waals surface area (Å²) in [5.41, 5.74) is -0.604. The van der Waals surface area contributed by atoms with Crippen LogP contribution in [0.3, 0.4) is 0 Å². The number of anilines is 2. The van der Waals surface area contributed by atoms with E-state index in [1.54, 1.807) is 19.1 Å². The van der Waals surface area contributed by atoms with Crippen molar-refractivity contribution in [3.63, 3.8) is 0 Å². The topological polar surface area (TPSA) is 68.9 Å². The lowest BCUT2D eigenvalue weighted by atomic mass is 10.1. The number of halogens is 3. The molecular weight excluding hydrogens is 445 g/mol. The highest BCUT2D eigenvalue weighted by Crippen LogP contribution is 2.31. The zero-order valence-electron chi connectivity index (χ0n) is 18.9. The van der Waals surface area contributed by atoms with Crippen LogP contribution in [0.1, 0.15) is 25.3 Å². The van der Waals surface area contributed by atoms with Crippen LogP contribution in [0.2, 0.25) is 0 Å². The van der Waals surface area contributed by atoms with E-state index in [0.717, 1.165) is 35.1 Å². The van der Waals surface area contributed by atoms with Gasteiger partial charge in [-0.25, -0.2) is 14.2 Å². The smallest absolute Gasteiger partial charge is 0.325 e. The van der Waals surface area contributed by atoms with E-state index >= 15 is 0 Å².